The predicted octanol–water partition coefficient (Wildman–Crippen LogP) is 3.52. The zero-order valence-corrected chi connectivity index (χ0v) is 14.7. The molecule has 1 atom stereocenters. The Morgan fingerprint density at radius 3 is 2.30 bits per heavy atom. The van der Waals surface area contributed by atoms with Crippen molar-refractivity contribution >= 4 is 11.9 Å². The molecule has 0 fully saturated rings. The molecule has 27 heavy (non-hydrogen) atoms. The number of rotatable bonds is 6. The van der Waals surface area contributed by atoms with Crippen molar-refractivity contribution < 1.29 is 19.1 Å². The summed E-state index contributed by atoms with van der Waals surface area (Å²) in [5.41, 5.74) is 1.05. The standard InChI is InChI=1S/C21H18N2O4/c1-26-21(25)19(15-6-3-2-4-7-15)23-20(24)16-9-11-17(12-10-16)27-18-8-5-13-22-14-18/h2-14,19H,1H3,(H,23,24). The second-order valence-electron chi connectivity index (χ2n) is 5.66. The summed E-state index contributed by atoms with van der Waals surface area (Å²) < 4.78 is 10.5. The Morgan fingerprint density at radius 2 is 1.67 bits per heavy atom. The first-order valence-electron chi connectivity index (χ1n) is 8.29. The Hall–Kier alpha value is -3.67. The number of amides is 1. The third kappa shape index (κ3) is 4.70. The van der Waals surface area contributed by atoms with E-state index in [1.807, 2.05) is 6.07 Å². The van der Waals surface area contributed by atoms with Gasteiger partial charge in [0.15, 0.2) is 6.04 Å². The number of esters is 1. The minimum atomic E-state index is -0.880. The van der Waals surface area contributed by atoms with Gasteiger partial charge in [0, 0.05) is 11.8 Å². The highest BCUT2D eigenvalue weighted by atomic mass is 16.5. The number of pyridine rings is 1. The van der Waals surface area contributed by atoms with Crippen LogP contribution in [0.25, 0.3) is 0 Å². The summed E-state index contributed by atoms with van der Waals surface area (Å²) in [5.74, 6) is 0.255. The number of aromatic nitrogens is 1. The van der Waals surface area contributed by atoms with Crippen LogP contribution < -0.4 is 10.1 Å². The van der Waals surface area contributed by atoms with Crippen molar-refractivity contribution in [3.8, 4) is 11.5 Å². The summed E-state index contributed by atoms with van der Waals surface area (Å²) in [5, 5.41) is 2.71. The highest BCUT2D eigenvalue weighted by Gasteiger charge is 2.23. The molecule has 0 spiro atoms. The van der Waals surface area contributed by atoms with Crippen molar-refractivity contribution in [2.75, 3.05) is 7.11 Å². The minimum absolute atomic E-state index is 0.387. The smallest absolute Gasteiger partial charge is 0.333 e. The molecule has 6 heteroatoms. The molecule has 2 aromatic carbocycles. The summed E-state index contributed by atoms with van der Waals surface area (Å²) in [6.45, 7) is 0. The van der Waals surface area contributed by atoms with Gasteiger partial charge in [-0.15, -0.1) is 0 Å². The molecule has 1 heterocycles. The van der Waals surface area contributed by atoms with Gasteiger partial charge in [0.2, 0.25) is 0 Å². The van der Waals surface area contributed by atoms with Crippen molar-refractivity contribution in [2.45, 2.75) is 6.04 Å². The number of hydrogen-bond acceptors (Lipinski definition) is 5. The molecule has 136 valence electrons. The van der Waals surface area contributed by atoms with Crippen molar-refractivity contribution in [1.29, 1.82) is 0 Å². The molecule has 0 saturated heterocycles. The van der Waals surface area contributed by atoms with Gasteiger partial charge in [-0.25, -0.2) is 4.79 Å². The molecule has 0 bridgehead atoms. The number of benzene rings is 2. The van der Waals surface area contributed by atoms with E-state index in [9.17, 15) is 9.59 Å². The van der Waals surface area contributed by atoms with Crippen LogP contribution in [-0.2, 0) is 9.53 Å². The summed E-state index contributed by atoms with van der Waals surface area (Å²) in [6.07, 6.45) is 3.26. The van der Waals surface area contributed by atoms with Gasteiger partial charge >= 0.3 is 5.97 Å². The molecule has 1 aromatic heterocycles. The molecule has 6 nitrogen and oxygen atoms in total. The average Bonchev–Trinajstić information content (AvgIpc) is 2.73. The fourth-order valence-corrected chi connectivity index (χ4v) is 2.47. The van der Waals surface area contributed by atoms with E-state index in [2.05, 4.69) is 10.3 Å². The summed E-state index contributed by atoms with van der Waals surface area (Å²) in [6, 6.07) is 18.2. The zero-order valence-electron chi connectivity index (χ0n) is 14.7. The number of ether oxygens (including phenoxy) is 2. The first-order valence-corrected chi connectivity index (χ1v) is 8.29. The Labute approximate surface area is 156 Å². The zero-order chi connectivity index (χ0) is 19.1. The lowest BCUT2D eigenvalue weighted by atomic mass is 10.1. The SMILES string of the molecule is COC(=O)C(NC(=O)c1ccc(Oc2cccnc2)cc1)c1ccccc1. The van der Waals surface area contributed by atoms with Crippen LogP contribution in [0.4, 0.5) is 0 Å². The lowest BCUT2D eigenvalue weighted by molar-refractivity contribution is -0.143. The van der Waals surface area contributed by atoms with Gasteiger partial charge in [0.05, 0.1) is 13.3 Å². The first kappa shape index (κ1) is 18.1. The van der Waals surface area contributed by atoms with Gasteiger partial charge in [0.25, 0.3) is 5.91 Å². The lowest BCUT2D eigenvalue weighted by Gasteiger charge is -2.17. The normalized spacial score (nSPS) is 11.3. The molecule has 0 aliphatic heterocycles. The van der Waals surface area contributed by atoms with Gasteiger partial charge in [-0.3, -0.25) is 9.78 Å². The van der Waals surface area contributed by atoms with Gasteiger partial charge in [-0.1, -0.05) is 30.3 Å². The number of carbonyl (C=O) groups is 2. The number of methoxy groups -OCH3 is 1. The second-order valence-corrected chi connectivity index (χ2v) is 5.66. The number of nitrogens with zero attached hydrogens (tertiary/aromatic N) is 1. The monoisotopic (exact) mass is 362 g/mol. The van der Waals surface area contributed by atoms with E-state index in [0.29, 0.717) is 22.6 Å². The van der Waals surface area contributed by atoms with Crippen LogP contribution in [0.3, 0.4) is 0 Å². The predicted molar refractivity (Wildman–Crippen MR) is 99.4 cm³/mol. The number of hydrogen-bond donors (Lipinski definition) is 1. The number of carbonyl (C=O) groups excluding carboxylic acids is 2. The highest BCUT2D eigenvalue weighted by Crippen LogP contribution is 2.21. The minimum Gasteiger partial charge on any atom is -0.467 e. The van der Waals surface area contributed by atoms with Gasteiger partial charge in [-0.2, -0.15) is 0 Å². The fraction of sp³-hybridized carbons (Fsp3) is 0.0952. The van der Waals surface area contributed by atoms with E-state index in [1.54, 1.807) is 73.1 Å². The third-order valence-corrected chi connectivity index (χ3v) is 3.83. The molecule has 0 aliphatic carbocycles. The maximum atomic E-state index is 12.5. The van der Waals surface area contributed by atoms with E-state index in [0.717, 1.165) is 0 Å². The number of nitrogens with one attached hydrogen (secondary N) is 1. The van der Waals surface area contributed by atoms with Gasteiger partial charge < -0.3 is 14.8 Å². The van der Waals surface area contributed by atoms with E-state index >= 15 is 0 Å². The van der Waals surface area contributed by atoms with Crippen LogP contribution in [-0.4, -0.2) is 24.0 Å². The third-order valence-electron chi connectivity index (χ3n) is 3.83. The lowest BCUT2D eigenvalue weighted by Crippen LogP contribution is -2.34. The summed E-state index contributed by atoms with van der Waals surface area (Å²) in [4.78, 5) is 28.6. The molecule has 1 N–H and O–H groups in total. The van der Waals surface area contributed by atoms with E-state index < -0.39 is 12.0 Å². The summed E-state index contributed by atoms with van der Waals surface area (Å²) >= 11 is 0. The van der Waals surface area contributed by atoms with Crippen LogP contribution in [0, 0.1) is 0 Å². The molecular weight excluding hydrogens is 344 g/mol. The maximum absolute atomic E-state index is 12.5. The molecule has 3 aromatic rings. The van der Waals surface area contributed by atoms with Crippen molar-refractivity contribution in [1.82, 2.24) is 10.3 Å². The maximum Gasteiger partial charge on any atom is 0.333 e. The van der Waals surface area contributed by atoms with Crippen molar-refractivity contribution in [3.05, 3.63) is 90.3 Å². The van der Waals surface area contributed by atoms with Crippen LogP contribution in [0.2, 0.25) is 0 Å². The van der Waals surface area contributed by atoms with Gasteiger partial charge in [0.1, 0.15) is 11.5 Å². The van der Waals surface area contributed by atoms with Crippen LogP contribution in [0.15, 0.2) is 79.1 Å². The van der Waals surface area contributed by atoms with Crippen molar-refractivity contribution in [2.24, 2.45) is 0 Å². The molecule has 0 aliphatic rings. The van der Waals surface area contributed by atoms with Crippen LogP contribution in [0.5, 0.6) is 11.5 Å². The largest absolute Gasteiger partial charge is 0.467 e. The Balaban J connectivity index is 1.71. The van der Waals surface area contributed by atoms with Gasteiger partial charge in [-0.05, 0) is 42.0 Å². The van der Waals surface area contributed by atoms with Crippen LogP contribution in [0.1, 0.15) is 22.0 Å². The van der Waals surface area contributed by atoms with Crippen LogP contribution >= 0.6 is 0 Å². The molecular formula is C21H18N2O4. The molecule has 0 saturated carbocycles. The van der Waals surface area contributed by atoms with E-state index in [-0.39, 0.29) is 5.91 Å². The van der Waals surface area contributed by atoms with E-state index in [1.165, 1.54) is 7.11 Å². The Bertz CT molecular complexity index is 896. The quantitative estimate of drug-likeness (QED) is 0.679. The highest BCUT2D eigenvalue weighted by molar-refractivity contribution is 5.97. The molecule has 1 unspecified atom stereocenters. The first-order chi connectivity index (χ1) is 13.2. The van der Waals surface area contributed by atoms with Crippen molar-refractivity contribution in [3.63, 3.8) is 0 Å². The molecule has 0 radical (unpaired) electrons. The Morgan fingerprint density at radius 1 is 0.926 bits per heavy atom. The summed E-state index contributed by atoms with van der Waals surface area (Å²) in [7, 11) is 1.29. The second kappa shape index (κ2) is 8.62. The molecule has 3 rings (SSSR count). The fourth-order valence-electron chi connectivity index (χ4n) is 2.47. The topological polar surface area (TPSA) is 77.5 Å². The van der Waals surface area contributed by atoms with E-state index in [4.69, 9.17) is 9.47 Å². The Kier molecular flexibility index (Phi) is 5.79. The average molecular weight is 362 g/mol. The molecule has 1 amide bonds.